The SMILES string of the molecule is CCOc1ccc(Br)cc1C(Cl)C1CCCO1. The molecule has 2 atom stereocenters. The molecule has 17 heavy (non-hydrogen) atoms. The number of ether oxygens (including phenoxy) is 2. The van der Waals surface area contributed by atoms with E-state index >= 15 is 0 Å². The average molecular weight is 320 g/mol. The molecule has 0 spiro atoms. The van der Waals surface area contributed by atoms with Crippen LogP contribution in [0.1, 0.15) is 30.7 Å². The van der Waals surface area contributed by atoms with Crippen molar-refractivity contribution in [1.29, 1.82) is 0 Å². The highest BCUT2D eigenvalue weighted by Gasteiger charge is 2.27. The van der Waals surface area contributed by atoms with Crippen LogP contribution in [-0.4, -0.2) is 19.3 Å². The molecule has 1 aliphatic rings. The molecular formula is C13H16BrClO2. The van der Waals surface area contributed by atoms with Gasteiger partial charge in [0.15, 0.2) is 0 Å². The summed E-state index contributed by atoms with van der Waals surface area (Å²) in [6.07, 6.45) is 2.21. The minimum Gasteiger partial charge on any atom is -0.494 e. The van der Waals surface area contributed by atoms with Crippen LogP contribution >= 0.6 is 27.5 Å². The van der Waals surface area contributed by atoms with Crippen molar-refractivity contribution < 1.29 is 9.47 Å². The van der Waals surface area contributed by atoms with E-state index in [1.807, 2.05) is 25.1 Å². The van der Waals surface area contributed by atoms with Gasteiger partial charge in [0.2, 0.25) is 0 Å². The summed E-state index contributed by atoms with van der Waals surface area (Å²) in [6.45, 7) is 3.43. The molecule has 1 fully saturated rings. The lowest BCUT2D eigenvalue weighted by molar-refractivity contribution is 0.106. The van der Waals surface area contributed by atoms with E-state index < -0.39 is 0 Å². The van der Waals surface area contributed by atoms with E-state index in [1.165, 1.54) is 0 Å². The first kappa shape index (κ1) is 13.2. The normalized spacial score (nSPS) is 21.5. The van der Waals surface area contributed by atoms with Gasteiger partial charge in [0.25, 0.3) is 0 Å². The highest BCUT2D eigenvalue weighted by molar-refractivity contribution is 9.10. The van der Waals surface area contributed by atoms with Gasteiger partial charge >= 0.3 is 0 Å². The fourth-order valence-electron chi connectivity index (χ4n) is 2.06. The molecule has 0 amide bonds. The van der Waals surface area contributed by atoms with E-state index in [9.17, 15) is 0 Å². The maximum Gasteiger partial charge on any atom is 0.124 e. The van der Waals surface area contributed by atoms with Gasteiger partial charge in [-0.15, -0.1) is 11.6 Å². The monoisotopic (exact) mass is 318 g/mol. The number of rotatable bonds is 4. The maximum atomic E-state index is 6.50. The van der Waals surface area contributed by atoms with Gasteiger partial charge in [0.1, 0.15) is 5.75 Å². The first-order chi connectivity index (χ1) is 8.22. The van der Waals surface area contributed by atoms with E-state index in [1.54, 1.807) is 0 Å². The molecule has 4 heteroatoms. The van der Waals surface area contributed by atoms with Crippen molar-refractivity contribution in [3.05, 3.63) is 28.2 Å². The molecule has 1 aromatic rings. The molecule has 1 aliphatic heterocycles. The zero-order valence-electron chi connectivity index (χ0n) is 9.79. The largest absolute Gasteiger partial charge is 0.494 e. The molecule has 94 valence electrons. The zero-order valence-corrected chi connectivity index (χ0v) is 12.1. The van der Waals surface area contributed by atoms with Crippen molar-refractivity contribution >= 4 is 27.5 Å². The summed E-state index contributed by atoms with van der Waals surface area (Å²) in [6, 6.07) is 5.94. The Morgan fingerprint density at radius 2 is 2.41 bits per heavy atom. The Hall–Kier alpha value is -0.250. The molecule has 2 unspecified atom stereocenters. The molecule has 1 aromatic carbocycles. The van der Waals surface area contributed by atoms with Gasteiger partial charge in [-0.25, -0.2) is 0 Å². The number of halogens is 2. The van der Waals surface area contributed by atoms with Crippen molar-refractivity contribution in [1.82, 2.24) is 0 Å². The first-order valence-corrected chi connectivity index (χ1v) is 7.13. The Bertz CT molecular complexity index is 378. The van der Waals surface area contributed by atoms with E-state index in [4.69, 9.17) is 21.1 Å². The molecule has 0 bridgehead atoms. The second kappa shape index (κ2) is 6.07. The highest BCUT2D eigenvalue weighted by Crippen LogP contribution is 2.38. The number of benzene rings is 1. The molecule has 1 saturated heterocycles. The van der Waals surface area contributed by atoms with E-state index in [2.05, 4.69) is 15.9 Å². The third kappa shape index (κ3) is 3.15. The summed E-state index contributed by atoms with van der Waals surface area (Å²) in [5.74, 6) is 0.853. The van der Waals surface area contributed by atoms with E-state index in [0.717, 1.165) is 35.2 Å². The predicted molar refractivity (Wildman–Crippen MR) is 72.9 cm³/mol. The van der Waals surface area contributed by atoms with Gasteiger partial charge in [-0.05, 0) is 38.0 Å². The molecule has 0 N–H and O–H groups in total. The molecular weight excluding hydrogens is 303 g/mol. The van der Waals surface area contributed by atoms with Crippen molar-refractivity contribution in [2.24, 2.45) is 0 Å². The second-order valence-electron chi connectivity index (χ2n) is 4.07. The summed E-state index contributed by atoms with van der Waals surface area (Å²) < 4.78 is 12.3. The molecule has 0 aliphatic carbocycles. The molecule has 0 radical (unpaired) electrons. The smallest absolute Gasteiger partial charge is 0.124 e. The summed E-state index contributed by atoms with van der Waals surface area (Å²) >= 11 is 9.97. The van der Waals surface area contributed by atoms with Crippen molar-refractivity contribution in [3.63, 3.8) is 0 Å². The van der Waals surface area contributed by atoms with Gasteiger partial charge in [0, 0.05) is 16.6 Å². The number of hydrogen-bond donors (Lipinski definition) is 0. The molecule has 2 nitrogen and oxygen atoms in total. The summed E-state index contributed by atoms with van der Waals surface area (Å²) in [4.78, 5) is 0. The fourth-order valence-corrected chi connectivity index (χ4v) is 2.80. The highest BCUT2D eigenvalue weighted by atomic mass is 79.9. The van der Waals surface area contributed by atoms with Crippen LogP contribution in [0.15, 0.2) is 22.7 Å². The Labute approximate surface area is 115 Å². The van der Waals surface area contributed by atoms with Gasteiger partial charge in [0.05, 0.1) is 18.1 Å². The number of hydrogen-bond acceptors (Lipinski definition) is 2. The fraction of sp³-hybridized carbons (Fsp3) is 0.538. The van der Waals surface area contributed by atoms with Gasteiger partial charge in [-0.1, -0.05) is 15.9 Å². The summed E-state index contributed by atoms with van der Waals surface area (Å²) in [5.41, 5.74) is 1.01. The van der Waals surface area contributed by atoms with Crippen molar-refractivity contribution in [2.45, 2.75) is 31.2 Å². The van der Waals surface area contributed by atoms with Gasteiger partial charge in [-0.3, -0.25) is 0 Å². The van der Waals surface area contributed by atoms with Gasteiger partial charge < -0.3 is 9.47 Å². The molecule has 0 aromatic heterocycles. The minimum absolute atomic E-state index is 0.102. The van der Waals surface area contributed by atoms with Crippen LogP contribution in [0.3, 0.4) is 0 Å². The van der Waals surface area contributed by atoms with Crippen LogP contribution < -0.4 is 4.74 Å². The maximum absolute atomic E-state index is 6.50. The predicted octanol–water partition coefficient (Wildman–Crippen LogP) is 4.31. The molecule has 1 heterocycles. The van der Waals surface area contributed by atoms with Crippen LogP contribution in [0.5, 0.6) is 5.75 Å². The average Bonchev–Trinajstić information content (AvgIpc) is 2.84. The lowest BCUT2D eigenvalue weighted by Crippen LogP contribution is -2.14. The Kier molecular flexibility index (Phi) is 4.71. The van der Waals surface area contributed by atoms with E-state index in [-0.39, 0.29) is 11.5 Å². The lowest BCUT2D eigenvalue weighted by Gasteiger charge is -2.20. The quantitative estimate of drug-likeness (QED) is 0.770. The lowest BCUT2D eigenvalue weighted by atomic mass is 10.0. The van der Waals surface area contributed by atoms with E-state index in [0.29, 0.717) is 6.61 Å². The minimum atomic E-state index is -0.142. The van der Waals surface area contributed by atoms with Crippen molar-refractivity contribution in [3.8, 4) is 5.75 Å². The first-order valence-electron chi connectivity index (χ1n) is 5.90. The second-order valence-corrected chi connectivity index (χ2v) is 5.45. The Morgan fingerprint density at radius 3 is 3.06 bits per heavy atom. The Morgan fingerprint density at radius 1 is 1.59 bits per heavy atom. The van der Waals surface area contributed by atoms with Crippen LogP contribution in [-0.2, 0) is 4.74 Å². The summed E-state index contributed by atoms with van der Waals surface area (Å²) in [5, 5.41) is -0.142. The van der Waals surface area contributed by atoms with Crippen LogP contribution in [0.2, 0.25) is 0 Å². The zero-order chi connectivity index (χ0) is 12.3. The molecule has 2 rings (SSSR count). The summed E-state index contributed by atoms with van der Waals surface area (Å²) in [7, 11) is 0. The van der Waals surface area contributed by atoms with Crippen LogP contribution in [0.4, 0.5) is 0 Å². The number of alkyl halides is 1. The van der Waals surface area contributed by atoms with Gasteiger partial charge in [-0.2, -0.15) is 0 Å². The third-order valence-electron chi connectivity index (χ3n) is 2.86. The molecule has 0 saturated carbocycles. The third-order valence-corrected chi connectivity index (χ3v) is 3.87. The van der Waals surface area contributed by atoms with Crippen molar-refractivity contribution in [2.75, 3.05) is 13.2 Å². The van der Waals surface area contributed by atoms with Crippen LogP contribution in [0, 0.1) is 0 Å². The Balaban J connectivity index is 2.24. The van der Waals surface area contributed by atoms with Crippen LogP contribution in [0.25, 0.3) is 0 Å². The topological polar surface area (TPSA) is 18.5 Å². The standard InChI is InChI=1S/C13H16BrClO2/c1-2-16-11-6-5-9(14)8-10(11)13(15)12-4-3-7-17-12/h5-6,8,12-13H,2-4,7H2,1H3.